The molecule has 0 saturated carbocycles. The summed E-state index contributed by atoms with van der Waals surface area (Å²) < 4.78 is 0. The smallest absolute Gasteiger partial charge is 0.138 e. The first-order valence-electron chi connectivity index (χ1n) is 2.72. The molecular weight excluding hydrogens is 194 g/mol. The van der Waals surface area contributed by atoms with Crippen molar-refractivity contribution in [3.63, 3.8) is 0 Å². The maximum Gasteiger partial charge on any atom is 0.138 e. The quantitative estimate of drug-likeness (QED) is 0.385. The number of alkyl halides is 1. The molecule has 0 amide bonds. The maximum absolute atomic E-state index is 8.79. The van der Waals surface area contributed by atoms with Gasteiger partial charge >= 0.3 is 0 Å². The van der Waals surface area contributed by atoms with Crippen molar-refractivity contribution >= 4 is 21.6 Å². The normalized spacial score (nSPS) is 7.80. The molecule has 0 saturated heterocycles. The second-order valence-electron chi connectivity index (χ2n) is 1.56. The molecule has 0 aromatic heterocycles. The van der Waals surface area contributed by atoms with Crippen molar-refractivity contribution in [3.05, 3.63) is 24.3 Å². The number of para-hydroxylation sites is 2. The van der Waals surface area contributed by atoms with Crippen LogP contribution in [0.5, 0.6) is 5.75 Å². The summed E-state index contributed by atoms with van der Waals surface area (Å²) in [5, 5.41) is 8.79. The Bertz CT molecular complexity index is 170. The summed E-state index contributed by atoms with van der Waals surface area (Å²) in [7, 11) is 0. The monoisotopic (exact) mass is 203 g/mol. The standard InChI is InChI=1S/C6H7NO.CH3Br/c7-5-3-1-2-4-6(5)8;1-2/h1-4,8H,7H2;1H3. The summed E-state index contributed by atoms with van der Waals surface area (Å²) in [6.45, 7) is 0. The number of nitrogens with two attached hydrogens (primary N) is 1. The topological polar surface area (TPSA) is 46.2 Å². The largest absolute Gasteiger partial charge is 0.506 e. The number of aromatic hydroxyl groups is 1. The number of phenols is 1. The number of halogens is 1. The Hall–Kier alpha value is -0.700. The zero-order valence-electron chi connectivity index (χ0n) is 5.71. The lowest BCUT2D eigenvalue weighted by molar-refractivity contribution is 0.478. The van der Waals surface area contributed by atoms with Crippen molar-refractivity contribution in [2.45, 2.75) is 0 Å². The maximum atomic E-state index is 8.79. The molecule has 0 spiro atoms. The van der Waals surface area contributed by atoms with E-state index >= 15 is 0 Å². The third-order valence-corrected chi connectivity index (χ3v) is 0.937. The summed E-state index contributed by atoms with van der Waals surface area (Å²) in [5.41, 5.74) is 5.69. The van der Waals surface area contributed by atoms with Gasteiger partial charge in [-0.05, 0) is 18.0 Å². The van der Waals surface area contributed by atoms with E-state index in [1.165, 1.54) is 0 Å². The number of benzene rings is 1. The van der Waals surface area contributed by atoms with E-state index < -0.39 is 0 Å². The van der Waals surface area contributed by atoms with Crippen molar-refractivity contribution in [2.24, 2.45) is 0 Å². The Kier molecular flexibility index (Phi) is 4.76. The molecule has 1 rings (SSSR count). The van der Waals surface area contributed by atoms with Gasteiger partial charge in [-0.2, -0.15) is 0 Å². The van der Waals surface area contributed by atoms with Gasteiger partial charge < -0.3 is 10.8 Å². The van der Waals surface area contributed by atoms with Crippen molar-refractivity contribution < 1.29 is 5.11 Å². The number of phenolic OH excluding ortho intramolecular Hbond substituents is 1. The van der Waals surface area contributed by atoms with Gasteiger partial charge in [0, 0.05) is 0 Å². The van der Waals surface area contributed by atoms with Crippen LogP contribution in [0.2, 0.25) is 0 Å². The van der Waals surface area contributed by atoms with Crippen LogP contribution >= 0.6 is 15.9 Å². The second-order valence-corrected chi connectivity index (χ2v) is 1.56. The van der Waals surface area contributed by atoms with Gasteiger partial charge in [0.1, 0.15) is 5.75 Å². The Morgan fingerprint density at radius 2 is 1.80 bits per heavy atom. The van der Waals surface area contributed by atoms with Crippen LogP contribution in [0.25, 0.3) is 0 Å². The molecule has 3 heteroatoms. The zero-order chi connectivity index (χ0) is 7.98. The minimum absolute atomic E-state index is 0.146. The first-order valence-corrected chi connectivity index (χ1v) is 4.30. The van der Waals surface area contributed by atoms with Gasteiger partial charge in [0.25, 0.3) is 0 Å². The molecule has 1 aromatic rings. The lowest BCUT2D eigenvalue weighted by Gasteiger charge is -1.92. The molecule has 0 fully saturated rings. The van der Waals surface area contributed by atoms with E-state index in [2.05, 4.69) is 15.9 Å². The summed E-state index contributed by atoms with van der Waals surface area (Å²) in [6.07, 6.45) is 0. The van der Waals surface area contributed by atoms with Crippen molar-refractivity contribution in [3.8, 4) is 5.75 Å². The van der Waals surface area contributed by atoms with Crippen LogP contribution in [0.3, 0.4) is 0 Å². The average Bonchev–Trinajstić information content (AvgIpc) is 2.00. The van der Waals surface area contributed by atoms with Crippen LogP contribution in [-0.4, -0.2) is 10.9 Å². The van der Waals surface area contributed by atoms with Crippen molar-refractivity contribution in [1.29, 1.82) is 0 Å². The van der Waals surface area contributed by atoms with Gasteiger partial charge in [-0.1, -0.05) is 28.1 Å². The number of hydrogen-bond acceptors (Lipinski definition) is 2. The highest BCUT2D eigenvalue weighted by Crippen LogP contribution is 2.16. The van der Waals surface area contributed by atoms with E-state index in [1.54, 1.807) is 24.3 Å². The summed E-state index contributed by atoms with van der Waals surface area (Å²) >= 11 is 2.94. The molecule has 0 atom stereocenters. The summed E-state index contributed by atoms with van der Waals surface area (Å²) in [5.74, 6) is 1.96. The van der Waals surface area contributed by atoms with Gasteiger partial charge in [0.15, 0.2) is 0 Å². The van der Waals surface area contributed by atoms with Crippen LogP contribution in [-0.2, 0) is 0 Å². The highest BCUT2D eigenvalue weighted by molar-refractivity contribution is 9.08. The molecule has 0 aliphatic carbocycles. The lowest BCUT2D eigenvalue weighted by Crippen LogP contribution is -1.82. The highest BCUT2D eigenvalue weighted by Gasteiger charge is 1.87. The van der Waals surface area contributed by atoms with E-state index in [0.29, 0.717) is 5.69 Å². The number of anilines is 1. The van der Waals surface area contributed by atoms with Crippen LogP contribution in [0, 0.1) is 0 Å². The zero-order valence-corrected chi connectivity index (χ0v) is 7.30. The fraction of sp³-hybridized carbons (Fsp3) is 0.143. The third kappa shape index (κ3) is 2.73. The molecule has 0 unspecified atom stereocenters. The Morgan fingerprint density at radius 3 is 2.10 bits per heavy atom. The Morgan fingerprint density at radius 1 is 1.30 bits per heavy atom. The molecule has 3 N–H and O–H groups in total. The fourth-order valence-electron chi connectivity index (χ4n) is 0.488. The Balaban J connectivity index is 0.000000371. The van der Waals surface area contributed by atoms with E-state index in [1.807, 2.05) is 5.83 Å². The molecule has 0 aliphatic rings. The molecule has 0 bridgehead atoms. The summed E-state index contributed by atoms with van der Waals surface area (Å²) in [6, 6.07) is 6.70. The molecule has 2 nitrogen and oxygen atoms in total. The van der Waals surface area contributed by atoms with Gasteiger partial charge in [-0.25, -0.2) is 0 Å². The first-order chi connectivity index (χ1) is 4.80. The molecule has 10 heavy (non-hydrogen) atoms. The third-order valence-electron chi connectivity index (χ3n) is 0.937. The van der Waals surface area contributed by atoms with Crippen LogP contribution in [0.1, 0.15) is 0 Å². The fourth-order valence-corrected chi connectivity index (χ4v) is 0.488. The van der Waals surface area contributed by atoms with E-state index in [-0.39, 0.29) is 5.75 Å². The molecule has 56 valence electrons. The van der Waals surface area contributed by atoms with Crippen molar-refractivity contribution in [2.75, 3.05) is 11.6 Å². The molecular formula is C7H10BrNO. The number of nitrogen functional groups attached to an aromatic ring is 1. The lowest BCUT2D eigenvalue weighted by atomic mass is 10.3. The van der Waals surface area contributed by atoms with Gasteiger partial charge in [-0.3, -0.25) is 0 Å². The summed E-state index contributed by atoms with van der Waals surface area (Å²) in [4.78, 5) is 0. The highest BCUT2D eigenvalue weighted by atomic mass is 79.9. The van der Waals surface area contributed by atoms with Gasteiger partial charge in [-0.15, -0.1) is 0 Å². The van der Waals surface area contributed by atoms with Crippen molar-refractivity contribution in [1.82, 2.24) is 0 Å². The van der Waals surface area contributed by atoms with Crippen LogP contribution in [0.4, 0.5) is 5.69 Å². The van der Waals surface area contributed by atoms with Gasteiger partial charge in [0.05, 0.1) is 5.69 Å². The molecule has 0 heterocycles. The average molecular weight is 204 g/mol. The molecule has 1 aromatic carbocycles. The van der Waals surface area contributed by atoms with E-state index in [9.17, 15) is 0 Å². The van der Waals surface area contributed by atoms with Crippen LogP contribution < -0.4 is 5.73 Å². The molecule has 0 aliphatic heterocycles. The van der Waals surface area contributed by atoms with E-state index in [0.717, 1.165) is 0 Å². The van der Waals surface area contributed by atoms with Crippen LogP contribution in [0.15, 0.2) is 24.3 Å². The minimum atomic E-state index is 0.146. The predicted octanol–water partition coefficient (Wildman–Crippen LogP) is 1.99. The number of rotatable bonds is 0. The van der Waals surface area contributed by atoms with Gasteiger partial charge in [0.2, 0.25) is 0 Å². The number of hydrogen-bond donors (Lipinski definition) is 2. The SMILES string of the molecule is CBr.Nc1ccccc1O. The predicted molar refractivity (Wildman–Crippen MR) is 47.4 cm³/mol. The second kappa shape index (κ2) is 5.11. The Labute approximate surface area is 68.8 Å². The van der Waals surface area contributed by atoms with E-state index in [4.69, 9.17) is 10.8 Å². The molecule has 0 radical (unpaired) electrons. The first kappa shape index (κ1) is 9.30. The minimum Gasteiger partial charge on any atom is -0.506 e.